The van der Waals surface area contributed by atoms with Gasteiger partial charge in [-0.1, -0.05) is 30.3 Å². The van der Waals surface area contributed by atoms with Gasteiger partial charge in [0.2, 0.25) is 5.78 Å². The number of non-ortho nitro benzene ring substituents is 1. The van der Waals surface area contributed by atoms with Gasteiger partial charge in [0.05, 0.1) is 22.3 Å². The molecule has 0 saturated carbocycles. The average molecular weight is 402 g/mol. The van der Waals surface area contributed by atoms with Crippen LogP contribution in [0.25, 0.3) is 22.4 Å². The minimum Gasteiger partial charge on any atom is -0.463 e. The third-order valence-corrected chi connectivity index (χ3v) is 4.42. The largest absolute Gasteiger partial charge is 0.463 e. The summed E-state index contributed by atoms with van der Waals surface area (Å²) in [5, 5.41) is 11.4. The lowest BCUT2D eigenvalue weighted by molar-refractivity contribution is -0.384. The molecule has 0 aliphatic heterocycles. The maximum absolute atomic E-state index is 12.8. The molecule has 0 aliphatic rings. The SMILES string of the molecule is O=C(COC(=O)c1cc(-c2ccco2)nc2ccccc12)c1cccc([N+](=O)[O-])c1. The molecule has 2 aromatic heterocycles. The molecular weight excluding hydrogens is 388 g/mol. The number of nitro benzene ring substituents is 1. The van der Waals surface area contributed by atoms with Crippen LogP contribution in [0.5, 0.6) is 0 Å². The van der Waals surface area contributed by atoms with Crippen molar-refractivity contribution in [2.45, 2.75) is 0 Å². The van der Waals surface area contributed by atoms with Gasteiger partial charge in [-0.3, -0.25) is 14.9 Å². The molecule has 30 heavy (non-hydrogen) atoms. The quantitative estimate of drug-likeness (QED) is 0.203. The van der Waals surface area contributed by atoms with E-state index >= 15 is 0 Å². The summed E-state index contributed by atoms with van der Waals surface area (Å²) in [5.41, 5.74) is 1.14. The second-order valence-corrected chi connectivity index (χ2v) is 6.36. The zero-order valence-electron chi connectivity index (χ0n) is 15.5. The lowest BCUT2D eigenvalue weighted by Gasteiger charge is -2.09. The number of aromatic nitrogens is 1. The number of hydrogen-bond donors (Lipinski definition) is 0. The first-order valence-electron chi connectivity index (χ1n) is 8.91. The van der Waals surface area contributed by atoms with Crippen LogP contribution in [0.15, 0.2) is 77.4 Å². The Hall–Kier alpha value is -4.33. The third-order valence-electron chi connectivity index (χ3n) is 4.42. The fraction of sp³-hybridized carbons (Fsp3) is 0.0455. The monoisotopic (exact) mass is 402 g/mol. The van der Waals surface area contributed by atoms with E-state index in [1.165, 1.54) is 24.5 Å². The first-order chi connectivity index (χ1) is 14.5. The Morgan fingerprint density at radius 3 is 2.63 bits per heavy atom. The molecule has 0 amide bonds. The van der Waals surface area contributed by atoms with Gasteiger partial charge in [-0.25, -0.2) is 9.78 Å². The van der Waals surface area contributed by atoms with Crippen LogP contribution in [0.1, 0.15) is 20.7 Å². The average Bonchev–Trinajstić information content (AvgIpc) is 3.31. The van der Waals surface area contributed by atoms with Crippen molar-refractivity contribution in [3.05, 3.63) is 94.2 Å². The van der Waals surface area contributed by atoms with Crippen molar-refractivity contribution in [1.29, 1.82) is 0 Å². The van der Waals surface area contributed by atoms with Gasteiger partial charge in [0, 0.05) is 23.1 Å². The van der Waals surface area contributed by atoms with Crippen LogP contribution in [0.3, 0.4) is 0 Å². The van der Waals surface area contributed by atoms with Crippen molar-refractivity contribution in [3.8, 4) is 11.5 Å². The highest BCUT2D eigenvalue weighted by Crippen LogP contribution is 2.26. The number of para-hydroxylation sites is 1. The Balaban J connectivity index is 1.60. The van der Waals surface area contributed by atoms with E-state index in [0.717, 1.165) is 6.07 Å². The maximum atomic E-state index is 12.8. The number of furan rings is 1. The normalized spacial score (nSPS) is 10.7. The molecule has 2 aromatic carbocycles. The summed E-state index contributed by atoms with van der Waals surface area (Å²) in [6.45, 7) is -0.549. The van der Waals surface area contributed by atoms with E-state index in [0.29, 0.717) is 22.4 Å². The molecule has 0 unspecified atom stereocenters. The number of rotatable bonds is 6. The van der Waals surface area contributed by atoms with Gasteiger partial charge in [-0.2, -0.15) is 0 Å². The number of esters is 1. The van der Waals surface area contributed by atoms with Gasteiger partial charge in [0.15, 0.2) is 12.4 Å². The van der Waals surface area contributed by atoms with E-state index < -0.39 is 23.3 Å². The number of ether oxygens (including phenoxy) is 1. The summed E-state index contributed by atoms with van der Waals surface area (Å²) in [7, 11) is 0. The topological polar surface area (TPSA) is 113 Å². The minimum atomic E-state index is -0.708. The molecule has 0 atom stereocenters. The summed E-state index contributed by atoms with van der Waals surface area (Å²) in [6.07, 6.45) is 1.50. The predicted octanol–water partition coefficient (Wildman–Crippen LogP) is 4.44. The zero-order valence-corrected chi connectivity index (χ0v) is 15.5. The Kier molecular flexibility index (Phi) is 5.04. The summed E-state index contributed by atoms with van der Waals surface area (Å²) in [6, 6.07) is 17.3. The number of ketones is 1. The molecule has 2 heterocycles. The Morgan fingerprint density at radius 2 is 1.87 bits per heavy atom. The van der Waals surface area contributed by atoms with Crippen LogP contribution in [0.4, 0.5) is 5.69 Å². The van der Waals surface area contributed by atoms with E-state index in [1.54, 1.807) is 42.5 Å². The summed E-state index contributed by atoms with van der Waals surface area (Å²) in [4.78, 5) is 39.9. The summed E-state index contributed by atoms with van der Waals surface area (Å²) in [5.74, 6) is -0.765. The Morgan fingerprint density at radius 1 is 1.03 bits per heavy atom. The number of benzene rings is 2. The third kappa shape index (κ3) is 3.79. The van der Waals surface area contributed by atoms with E-state index in [4.69, 9.17) is 9.15 Å². The molecule has 0 fully saturated rings. The highest BCUT2D eigenvalue weighted by molar-refractivity contribution is 6.06. The van der Waals surface area contributed by atoms with Crippen molar-refractivity contribution in [1.82, 2.24) is 4.98 Å². The fourth-order valence-electron chi connectivity index (χ4n) is 2.98. The van der Waals surface area contributed by atoms with Crippen LogP contribution in [-0.4, -0.2) is 28.3 Å². The van der Waals surface area contributed by atoms with Gasteiger partial charge >= 0.3 is 5.97 Å². The number of hydrogen-bond acceptors (Lipinski definition) is 7. The van der Waals surface area contributed by atoms with Gasteiger partial charge in [0.1, 0.15) is 5.69 Å². The van der Waals surface area contributed by atoms with Crippen molar-refractivity contribution in [3.63, 3.8) is 0 Å². The Labute approximate surface area is 169 Å². The lowest BCUT2D eigenvalue weighted by Crippen LogP contribution is -2.15. The van der Waals surface area contributed by atoms with Crippen LogP contribution in [-0.2, 0) is 4.74 Å². The number of fused-ring (bicyclic) bond motifs is 1. The van der Waals surface area contributed by atoms with Gasteiger partial charge in [-0.15, -0.1) is 0 Å². The van der Waals surface area contributed by atoms with Crippen LogP contribution in [0.2, 0.25) is 0 Å². The van der Waals surface area contributed by atoms with Crippen molar-refractivity contribution >= 4 is 28.3 Å². The fourth-order valence-corrected chi connectivity index (χ4v) is 2.98. The number of carbonyl (C=O) groups excluding carboxylic acids is 2. The van der Waals surface area contributed by atoms with Crippen LogP contribution >= 0.6 is 0 Å². The molecule has 0 bridgehead atoms. The molecule has 4 rings (SSSR count). The minimum absolute atomic E-state index is 0.0906. The highest BCUT2D eigenvalue weighted by atomic mass is 16.6. The van der Waals surface area contributed by atoms with Gasteiger partial charge < -0.3 is 9.15 Å². The first kappa shape index (κ1) is 19.0. The predicted molar refractivity (Wildman–Crippen MR) is 107 cm³/mol. The second-order valence-electron chi connectivity index (χ2n) is 6.36. The smallest absolute Gasteiger partial charge is 0.339 e. The van der Waals surface area contributed by atoms with Crippen molar-refractivity contribution < 1.29 is 23.7 Å². The molecule has 0 radical (unpaired) electrons. The van der Waals surface area contributed by atoms with E-state index in [2.05, 4.69) is 4.98 Å². The van der Waals surface area contributed by atoms with E-state index in [1.807, 2.05) is 0 Å². The molecule has 8 heteroatoms. The summed E-state index contributed by atoms with van der Waals surface area (Å²) < 4.78 is 10.6. The number of carbonyl (C=O) groups is 2. The van der Waals surface area contributed by atoms with Crippen molar-refractivity contribution in [2.24, 2.45) is 0 Å². The van der Waals surface area contributed by atoms with E-state index in [-0.39, 0.29) is 16.8 Å². The summed E-state index contributed by atoms with van der Waals surface area (Å²) >= 11 is 0. The molecule has 0 aliphatic carbocycles. The molecule has 8 nitrogen and oxygen atoms in total. The standard InChI is InChI=1S/C22H14N2O6/c25-20(14-5-3-6-15(11-14)24(27)28)13-30-22(26)17-12-19(21-9-4-10-29-21)23-18-8-2-1-7-16(17)18/h1-12H,13H2. The molecular formula is C22H14N2O6. The number of Topliss-reactive ketones (excluding diaryl/α,β-unsaturated/α-hetero) is 1. The zero-order chi connectivity index (χ0) is 21.1. The maximum Gasteiger partial charge on any atom is 0.339 e. The van der Waals surface area contributed by atoms with E-state index in [9.17, 15) is 19.7 Å². The number of pyridine rings is 1. The molecule has 4 aromatic rings. The lowest BCUT2D eigenvalue weighted by atomic mass is 10.1. The first-order valence-corrected chi connectivity index (χ1v) is 8.91. The van der Waals surface area contributed by atoms with Crippen LogP contribution in [0, 0.1) is 10.1 Å². The highest BCUT2D eigenvalue weighted by Gasteiger charge is 2.18. The van der Waals surface area contributed by atoms with Gasteiger partial charge in [0.25, 0.3) is 5.69 Å². The molecule has 0 N–H and O–H groups in total. The Bertz CT molecular complexity index is 1260. The number of nitro groups is 1. The molecule has 0 saturated heterocycles. The molecule has 0 spiro atoms. The second kappa shape index (κ2) is 7.96. The van der Waals surface area contributed by atoms with Crippen molar-refractivity contribution in [2.75, 3.05) is 6.61 Å². The molecule has 148 valence electrons. The van der Waals surface area contributed by atoms with Gasteiger partial charge in [-0.05, 0) is 24.3 Å². The number of nitrogens with zero attached hydrogens (tertiary/aromatic N) is 2. The van der Waals surface area contributed by atoms with Crippen LogP contribution < -0.4 is 0 Å².